The van der Waals surface area contributed by atoms with Crippen molar-refractivity contribution in [1.29, 1.82) is 0 Å². The fourth-order valence-corrected chi connectivity index (χ4v) is 6.34. The van der Waals surface area contributed by atoms with Gasteiger partial charge in [-0.25, -0.2) is 4.90 Å². The van der Waals surface area contributed by atoms with Gasteiger partial charge in [0, 0.05) is 11.8 Å². The molecule has 3 aromatic carbocycles. The molecule has 0 unspecified atom stereocenters. The fraction of sp³-hybridized carbons (Fsp3) is 0.286. The van der Waals surface area contributed by atoms with Gasteiger partial charge in [0.25, 0.3) is 0 Å². The summed E-state index contributed by atoms with van der Waals surface area (Å²) in [7, 11) is 0. The summed E-state index contributed by atoms with van der Waals surface area (Å²) in [5.41, 5.74) is 5.69. The first kappa shape index (κ1) is 21.1. The van der Waals surface area contributed by atoms with Crippen molar-refractivity contribution in [3.05, 3.63) is 99.8 Å². The van der Waals surface area contributed by atoms with E-state index in [2.05, 4.69) is 44.2 Å². The Balaban J connectivity index is 1.55. The van der Waals surface area contributed by atoms with Crippen LogP contribution < -0.4 is 10.1 Å². The van der Waals surface area contributed by atoms with Crippen LogP contribution in [0.25, 0.3) is 0 Å². The molecule has 1 saturated heterocycles. The molecule has 5 atom stereocenters. The molecule has 6 nitrogen and oxygen atoms in total. The number of amides is 2. The largest absolute Gasteiger partial charge is 0.733 e. The number of benzene rings is 3. The van der Waals surface area contributed by atoms with Gasteiger partial charge < -0.3 is 10.4 Å². The lowest BCUT2D eigenvalue weighted by atomic mass is 9.54. The molecule has 1 N–H and O–H groups in total. The molecule has 0 spiro atoms. The Kier molecular flexibility index (Phi) is 4.66. The quantitative estimate of drug-likeness (QED) is 0.429. The van der Waals surface area contributed by atoms with E-state index in [-0.39, 0.29) is 40.3 Å². The molecule has 2 amide bonds. The number of carbonyl (C=O) groups excluding carboxylic acids is 2. The molecule has 0 radical (unpaired) electrons. The highest BCUT2D eigenvalue weighted by molar-refractivity contribution is 6.24. The van der Waals surface area contributed by atoms with Gasteiger partial charge in [-0.05, 0) is 52.3 Å². The molecule has 2 bridgehead atoms. The van der Waals surface area contributed by atoms with E-state index >= 15 is 0 Å². The third-order valence-corrected chi connectivity index (χ3v) is 8.07. The average molecular weight is 454 g/mol. The molecule has 3 aromatic rings. The van der Waals surface area contributed by atoms with Crippen molar-refractivity contribution in [3.8, 4) is 0 Å². The molecule has 0 saturated carbocycles. The summed E-state index contributed by atoms with van der Waals surface area (Å²) in [5.74, 6) is -1.76. The fourth-order valence-electron chi connectivity index (χ4n) is 6.34. The first-order chi connectivity index (χ1) is 16.4. The van der Waals surface area contributed by atoms with E-state index < -0.39 is 11.8 Å². The Labute approximate surface area is 198 Å². The average Bonchev–Trinajstić information content (AvgIpc) is 3.13. The Morgan fingerprint density at radius 3 is 2.06 bits per heavy atom. The maximum atomic E-state index is 13.9. The topological polar surface area (TPSA) is 83.9 Å². The normalized spacial score (nSPS) is 25.1. The number of hydrogen-bond acceptors (Lipinski definition) is 5. The van der Waals surface area contributed by atoms with Crippen LogP contribution in [0.15, 0.2) is 66.7 Å². The monoisotopic (exact) mass is 453 g/mol. The highest BCUT2D eigenvalue weighted by Crippen LogP contribution is 2.61. The van der Waals surface area contributed by atoms with Gasteiger partial charge in [-0.2, -0.15) is 0 Å². The highest BCUT2D eigenvalue weighted by atomic mass is 16.8. The Hall–Kier alpha value is -3.48. The van der Waals surface area contributed by atoms with E-state index in [9.17, 15) is 20.0 Å². The summed E-state index contributed by atoms with van der Waals surface area (Å²) in [6, 6.07) is 20.8. The first-order valence-corrected chi connectivity index (χ1v) is 11.8. The Bertz CT molecular complexity index is 1330. The van der Waals surface area contributed by atoms with E-state index in [4.69, 9.17) is 0 Å². The molecule has 4 aliphatic rings. The van der Waals surface area contributed by atoms with Crippen molar-refractivity contribution in [2.24, 2.45) is 11.8 Å². The van der Waals surface area contributed by atoms with Gasteiger partial charge in [-0.1, -0.05) is 68.4 Å². The number of imide groups is 1. The van der Waals surface area contributed by atoms with Gasteiger partial charge in [-0.3, -0.25) is 14.8 Å². The van der Waals surface area contributed by atoms with Crippen molar-refractivity contribution < 1.29 is 14.8 Å². The van der Waals surface area contributed by atoms with Crippen molar-refractivity contribution in [2.45, 2.75) is 38.0 Å². The third-order valence-electron chi connectivity index (χ3n) is 8.07. The Morgan fingerprint density at radius 1 is 0.882 bits per heavy atom. The van der Waals surface area contributed by atoms with Gasteiger partial charge in [-0.15, -0.1) is 0 Å². The van der Waals surface area contributed by atoms with Gasteiger partial charge in [0.15, 0.2) is 0 Å². The van der Waals surface area contributed by atoms with Crippen LogP contribution in [-0.2, 0) is 9.59 Å². The summed E-state index contributed by atoms with van der Waals surface area (Å²) < 4.78 is 0. The van der Waals surface area contributed by atoms with Crippen LogP contribution in [0.5, 0.6) is 0 Å². The zero-order valence-corrected chi connectivity index (χ0v) is 19.0. The summed E-state index contributed by atoms with van der Waals surface area (Å²) in [4.78, 5) is 28.9. The lowest BCUT2D eigenvalue weighted by molar-refractivity contribution is -0.122. The third kappa shape index (κ3) is 2.70. The van der Waals surface area contributed by atoms with Crippen LogP contribution in [0, 0.1) is 17.0 Å². The summed E-state index contributed by atoms with van der Waals surface area (Å²) in [6.07, 6.45) is 1.02. The van der Waals surface area contributed by atoms with Crippen molar-refractivity contribution in [1.82, 2.24) is 0 Å². The highest BCUT2D eigenvalue weighted by Gasteiger charge is 2.62. The molecular weight excluding hydrogens is 428 g/mol. The van der Waals surface area contributed by atoms with Crippen molar-refractivity contribution in [2.75, 3.05) is 10.1 Å². The van der Waals surface area contributed by atoms with Gasteiger partial charge in [0.2, 0.25) is 11.8 Å². The lowest BCUT2D eigenvalue weighted by Crippen LogP contribution is -2.41. The number of para-hydroxylation sites is 2. The standard InChI is InChI=1S/C28H25N2O4/c1-3-15(2)16-12-13-19-20(14-16)24-18-9-5-4-8-17(18)23(19)25-26(24)28(32)29(27(25)31)21-10-6-7-11-22(21)30(33)34/h4-15,23-26,33H,3H2,1-2H3/q-1/t15-,23-,24-,25-,26+/m0/s1. The lowest BCUT2D eigenvalue weighted by Gasteiger charge is -2.46. The van der Waals surface area contributed by atoms with Crippen molar-refractivity contribution in [3.63, 3.8) is 0 Å². The summed E-state index contributed by atoms with van der Waals surface area (Å²) >= 11 is 0. The van der Waals surface area contributed by atoms with Gasteiger partial charge in [0.1, 0.15) is 0 Å². The maximum absolute atomic E-state index is 13.9. The van der Waals surface area contributed by atoms with Gasteiger partial charge >= 0.3 is 0 Å². The smallest absolute Gasteiger partial charge is 0.238 e. The minimum absolute atomic E-state index is 0.121. The van der Waals surface area contributed by atoms with Crippen molar-refractivity contribution >= 4 is 23.2 Å². The van der Waals surface area contributed by atoms with E-state index in [1.165, 1.54) is 17.7 Å². The van der Waals surface area contributed by atoms with Crippen LogP contribution in [0.2, 0.25) is 0 Å². The van der Waals surface area contributed by atoms with Crippen LogP contribution >= 0.6 is 0 Å². The number of nitrogens with zero attached hydrogens (tertiary/aromatic N) is 2. The van der Waals surface area contributed by atoms with Crippen LogP contribution in [-0.4, -0.2) is 17.0 Å². The second-order valence-electron chi connectivity index (χ2n) is 9.61. The molecule has 34 heavy (non-hydrogen) atoms. The minimum atomic E-state index is -0.543. The SMILES string of the molecule is CC[C@H](C)c1ccc2c(c1)[C@@H]1c3ccccc3[C@@H]2[C@@H]2C(=O)N(c3ccccc3N([O-])O)C(=O)[C@H]12. The second kappa shape index (κ2) is 7.52. The minimum Gasteiger partial charge on any atom is -0.733 e. The van der Waals surface area contributed by atoms with Gasteiger partial charge in [0.05, 0.1) is 23.2 Å². The van der Waals surface area contributed by atoms with E-state index in [0.717, 1.165) is 33.6 Å². The molecule has 1 aliphatic heterocycles. The number of carbonyl (C=O) groups is 2. The van der Waals surface area contributed by atoms with Crippen LogP contribution in [0.3, 0.4) is 0 Å². The number of rotatable bonds is 4. The maximum Gasteiger partial charge on any atom is 0.238 e. The van der Waals surface area contributed by atoms with E-state index in [1.807, 2.05) is 12.1 Å². The zero-order valence-electron chi connectivity index (χ0n) is 19.0. The molecule has 3 aliphatic carbocycles. The van der Waals surface area contributed by atoms with E-state index in [1.54, 1.807) is 12.1 Å². The molecule has 6 heteroatoms. The summed E-state index contributed by atoms with van der Waals surface area (Å²) in [6.45, 7) is 4.36. The number of anilines is 2. The molecule has 1 heterocycles. The molecule has 0 aromatic heterocycles. The predicted molar refractivity (Wildman–Crippen MR) is 129 cm³/mol. The van der Waals surface area contributed by atoms with E-state index in [0.29, 0.717) is 5.92 Å². The summed E-state index contributed by atoms with van der Waals surface area (Å²) in [5, 5.41) is 21.1. The predicted octanol–water partition coefficient (Wildman–Crippen LogP) is 5.29. The Morgan fingerprint density at radius 2 is 1.44 bits per heavy atom. The molecule has 172 valence electrons. The second-order valence-corrected chi connectivity index (χ2v) is 9.61. The van der Waals surface area contributed by atoms with Crippen LogP contribution in [0.1, 0.15) is 65.8 Å². The molecular formula is C28H25N2O4-. The molecule has 1 fully saturated rings. The number of hydrogen-bond donors (Lipinski definition) is 1. The molecule has 7 rings (SSSR count). The first-order valence-electron chi connectivity index (χ1n) is 11.8. The zero-order chi connectivity index (χ0) is 23.7. The van der Waals surface area contributed by atoms with Crippen LogP contribution in [0.4, 0.5) is 11.4 Å².